The smallest absolute Gasteiger partial charge is 0.383 e. The number of anilines is 1. The van der Waals surface area contributed by atoms with E-state index in [1.54, 1.807) is 0 Å². The van der Waals surface area contributed by atoms with Crippen molar-refractivity contribution in [1.29, 1.82) is 0 Å². The lowest BCUT2D eigenvalue weighted by Crippen LogP contribution is -2.08. The van der Waals surface area contributed by atoms with E-state index in [2.05, 4.69) is 4.98 Å². The number of rotatable bonds is 1. The molecule has 0 fully saturated rings. The zero-order valence-corrected chi connectivity index (χ0v) is 6.65. The van der Waals surface area contributed by atoms with Crippen LogP contribution in [0.4, 0.5) is 27.8 Å². The lowest BCUT2D eigenvalue weighted by molar-refractivity contribution is -0.137. The summed E-state index contributed by atoms with van der Waals surface area (Å²) in [6.07, 6.45) is -7.34. The number of pyridine rings is 1. The van der Waals surface area contributed by atoms with Crippen molar-refractivity contribution >= 4 is 5.82 Å². The summed E-state index contributed by atoms with van der Waals surface area (Å²) in [4.78, 5) is 3.04. The third kappa shape index (κ3) is 2.09. The van der Waals surface area contributed by atoms with E-state index in [1.165, 1.54) is 0 Å². The Morgan fingerprint density at radius 3 is 2.29 bits per heavy atom. The van der Waals surface area contributed by atoms with Crippen LogP contribution >= 0.6 is 0 Å². The Morgan fingerprint density at radius 1 is 1.29 bits per heavy atom. The summed E-state index contributed by atoms with van der Waals surface area (Å²) in [5.74, 6) is -0.590. The number of nitrogens with two attached hydrogens (primary N) is 1. The van der Waals surface area contributed by atoms with Gasteiger partial charge >= 0.3 is 6.18 Å². The molecule has 14 heavy (non-hydrogen) atoms. The first-order valence-corrected chi connectivity index (χ1v) is 3.43. The van der Waals surface area contributed by atoms with Crippen LogP contribution in [0.1, 0.15) is 17.6 Å². The molecule has 0 spiro atoms. The molecule has 2 nitrogen and oxygen atoms in total. The highest BCUT2D eigenvalue weighted by molar-refractivity contribution is 5.42. The van der Waals surface area contributed by atoms with Gasteiger partial charge in [-0.25, -0.2) is 13.8 Å². The summed E-state index contributed by atoms with van der Waals surface area (Å²) in [6.45, 7) is 0. The second-order valence-electron chi connectivity index (χ2n) is 2.50. The SMILES string of the molecule is Nc1ncc(C(F)(F)F)cc1C(F)F. The highest BCUT2D eigenvalue weighted by atomic mass is 19.4. The van der Waals surface area contributed by atoms with Crippen molar-refractivity contribution in [2.45, 2.75) is 12.6 Å². The fraction of sp³-hybridized carbons (Fsp3) is 0.286. The van der Waals surface area contributed by atoms with E-state index in [0.717, 1.165) is 0 Å². The van der Waals surface area contributed by atoms with Crippen LogP contribution in [-0.4, -0.2) is 4.98 Å². The van der Waals surface area contributed by atoms with Crippen molar-refractivity contribution in [1.82, 2.24) is 4.98 Å². The van der Waals surface area contributed by atoms with Gasteiger partial charge in [0.05, 0.1) is 11.1 Å². The quantitative estimate of drug-likeness (QED) is 0.726. The Morgan fingerprint density at radius 2 is 1.86 bits per heavy atom. The molecule has 0 atom stereocenters. The van der Waals surface area contributed by atoms with Gasteiger partial charge in [-0.15, -0.1) is 0 Å². The van der Waals surface area contributed by atoms with Crippen LogP contribution in [0.5, 0.6) is 0 Å². The van der Waals surface area contributed by atoms with Crippen LogP contribution in [0.2, 0.25) is 0 Å². The zero-order valence-electron chi connectivity index (χ0n) is 6.65. The first-order valence-electron chi connectivity index (χ1n) is 3.43. The number of halogens is 5. The number of nitrogen functional groups attached to an aromatic ring is 1. The minimum atomic E-state index is -4.69. The van der Waals surface area contributed by atoms with Gasteiger partial charge in [-0.1, -0.05) is 0 Å². The fourth-order valence-corrected chi connectivity index (χ4v) is 0.822. The average molecular weight is 212 g/mol. The summed E-state index contributed by atoms with van der Waals surface area (Å²) in [5, 5.41) is 0. The number of hydrogen-bond donors (Lipinski definition) is 1. The molecule has 0 saturated heterocycles. The third-order valence-electron chi connectivity index (χ3n) is 1.51. The van der Waals surface area contributed by atoms with Crippen molar-refractivity contribution in [2.24, 2.45) is 0 Å². The maximum atomic E-state index is 12.1. The van der Waals surface area contributed by atoms with Crippen LogP contribution in [-0.2, 0) is 6.18 Å². The molecule has 0 amide bonds. The molecular formula is C7H5F5N2. The molecule has 0 radical (unpaired) electrons. The van der Waals surface area contributed by atoms with Gasteiger partial charge in [0.2, 0.25) is 0 Å². The van der Waals surface area contributed by atoms with Gasteiger partial charge in [-0.05, 0) is 6.07 Å². The largest absolute Gasteiger partial charge is 0.417 e. The van der Waals surface area contributed by atoms with Crippen molar-refractivity contribution in [3.63, 3.8) is 0 Å². The van der Waals surface area contributed by atoms with Crippen LogP contribution in [0.25, 0.3) is 0 Å². The fourth-order valence-electron chi connectivity index (χ4n) is 0.822. The second-order valence-corrected chi connectivity index (χ2v) is 2.50. The van der Waals surface area contributed by atoms with E-state index in [4.69, 9.17) is 5.73 Å². The Bertz CT molecular complexity index is 333. The zero-order chi connectivity index (χ0) is 10.9. The number of alkyl halides is 5. The first-order chi connectivity index (χ1) is 6.32. The van der Waals surface area contributed by atoms with Crippen molar-refractivity contribution in [2.75, 3.05) is 5.73 Å². The normalized spacial score (nSPS) is 12.1. The molecule has 0 aromatic carbocycles. The maximum Gasteiger partial charge on any atom is 0.417 e. The van der Waals surface area contributed by atoms with Crippen LogP contribution < -0.4 is 5.73 Å². The van der Waals surface area contributed by atoms with Crippen molar-refractivity contribution < 1.29 is 22.0 Å². The predicted molar refractivity (Wildman–Crippen MR) is 38.6 cm³/mol. The molecule has 1 heterocycles. The molecule has 1 aromatic heterocycles. The van der Waals surface area contributed by atoms with Crippen LogP contribution in [0.15, 0.2) is 12.3 Å². The van der Waals surface area contributed by atoms with E-state index in [-0.39, 0.29) is 0 Å². The number of aromatic nitrogens is 1. The van der Waals surface area contributed by atoms with E-state index in [9.17, 15) is 22.0 Å². The predicted octanol–water partition coefficient (Wildman–Crippen LogP) is 2.62. The molecule has 7 heteroatoms. The molecule has 0 unspecified atom stereocenters. The molecule has 0 aliphatic heterocycles. The van der Waals surface area contributed by atoms with E-state index in [0.29, 0.717) is 12.3 Å². The molecule has 78 valence electrons. The van der Waals surface area contributed by atoms with Crippen LogP contribution in [0, 0.1) is 0 Å². The van der Waals surface area contributed by atoms with E-state index >= 15 is 0 Å². The van der Waals surface area contributed by atoms with Crippen molar-refractivity contribution in [3.05, 3.63) is 23.4 Å². The monoisotopic (exact) mass is 212 g/mol. The summed E-state index contributed by atoms with van der Waals surface area (Å²) >= 11 is 0. The van der Waals surface area contributed by atoms with Gasteiger partial charge in [-0.2, -0.15) is 13.2 Å². The molecular weight excluding hydrogens is 207 g/mol. The van der Waals surface area contributed by atoms with Gasteiger partial charge in [0.15, 0.2) is 0 Å². The van der Waals surface area contributed by atoms with Crippen LogP contribution in [0.3, 0.4) is 0 Å². The van der Waals surface area contributed by atoms with Gasteiger partial charge in [0, 0.05) is 6.20 Å². The molecule has 0 aliphatic carbocycles. The molecule has 1 aromatic rings. The van der Waals surface area contributed by atoms with Gasteiger partial charge in [0.25, 0.3) is 6.43 Å². The summed E-state index contributed by atoms with van der Waals surface area (Å²) in [5.41, 5.74) is 2.84. The third-order valence-corrected chi connectivity index (χ3v) is 1.51. The van der Waals surface area contributed by atoms with Gasteiger partial charge in [0.1, 0.15) is 5.82 Å². The number of hydrogen-bond acceptors (Lipinski definition) is 2. The average Bonchev–Trinajstić information content (AvgIpc) is 2.02. The highest BCUT2D eigenvalue weighted by Gasteiger charge is 2.32. The molecule has 0 bridgehead atoms. The van der Waals surface area contributed by atoms with Crippen molar-refractivity contribution in [3.8, 4) is 0 Å². The minimum Gasteiger partial charge on any atom is -0.383 e. The Hall–Kier alpha value is -1.40. The summed E-state index contributed by atoms with van der Waals surface area (Å²) in [6, 6.07) is 0.299. The highest BCUT2D eigenvalue weighted by Crippen LogP contribution is 2.32. The van der Waals surface area contributed by atoms with E-state index < -0.39 is 29.5 Å². The molecule has 0 aliphatic rings. The minimum absolute atomic E-state index is 0.299. The summed E-state index contributed by atoms with van der Waals surface area (Å²) < 4.78 is 60.3. The summed E-state index contributed by atoms with van der Waals surface area (Å²) in [7, 11) is 0. The standard InChI is InChI=1S/C7H5F5N2/c8-5(9)4-1-3(7(10,11)12)2-14-6(4)13/h1-2,5H,(H2,13,14). The maximum absolute atomic E-state index is 12.1. The molecule has 1 rings (SSSR count). The van der Waals surface area contributed by atoms with E-state index in [1.807, 2.05) is 0 Å². The lowest BCUT2D eigenvalue weighted by Gasteiger charge is -2.09. The Labute approximate surface area is 75.5 Å². The molecule has 0 saturated carbocycles. The second kappa shape index (κ2) is 3.39. The lowest BCUT2D eigenvalue weighted by atomic mass is 10.2. The first kappa shape index (κ1) is 10.7. The topological polar surface area (TPSA) is 38.9 Å². The molecule has 2 N–H and O–H groups in total. The van der Waals surface area contributed by atoms with Gasteiger partial charge < -0.3 is 5.73 Å². The number of nitrogens with zero attached hydrogens (tertiary/aromatic N) is 1. The Kier molecular flexibility index (Phi) is 2.59. The van der Waals surface area contributed by atoms with Gasteiger partial charge in [-0.3, -0.25) is 0 Å². The Balaban J connectivity index is 3.20.